The summed E-state index contributed by atoms with van der Waals surface area (Å²) in [5.74, 6) is 1.02. The minimum Gasteiger partial charge on any atom is -0.497 e. The minimum absolute atomic E-state index is 0.183. The van der Waals surface area contributed by atoms with Crippen LogP contribution in [0.25, 0.3) is 10.9 Å². The second-order valence-electron chi connectivity index (χ2n) is 7.01. The largest absolute Gasteiger partial charge is 0.497 e. The van der Waals surface area contributed by atoms with Crippen LogP contribution in [0.3, 0.4) is 0 Å². The molecule has 1 aliphatic heterocycles. The molecule has 1 aliphatic rings. The minimum atomic E-state index is 0.183. The average Bonchev–Trinajstić information content (AvgIpc) is 3.11. The molecular weight excluding hydrogens is 338 g/mol. The molecule has 2 aromatic carbocycles. The second-order valence-corrected chi connectivity index (χ2v) is 7.01. The Morgan fingerprint density at radius 2 is 1.78 bits per heavy atom. The fourth-order valence-corrected chi connectivity index (χ4v) is 3.69. The van der Waals surface area contributed by atoms with Gasteiger partial charge in [0.2, 0.25) is 5.91 Å². The Bertz CT molecular complexity index is 912. The molecule has 0 spiro atoms. The van der Waals surface area contributed by atoms with Crippen molar-refractivity contribution < 1.29 is 9.53 Å². The Morgan fingerprint density at radius 1 is 1.00 bits per heavy atom. The summed E-state index contributed by atoms with van der Waals surface area (Å²) < 4.78 is 7.29. The van der Waals surface area contributed by atoms with Crippen molar-refractivity contribution in [3.05, 3.63) is 66.4 Å². The average molecular weight is 363 g/mol. The highest BCUT2D eigenvalue weighted by Gasteiger charge is 2.21. The summed E-state index contributed by atoms with van der Waals surface area (Å²) in [6.07, 6.45) is 1.98. The van der Waals surface area contributed by atoms with E-state index in [1.807, 2.05) is 46.0 Å². The molecule has 0 aliphatic carbocycles. The van der Waals surface area contributed by atoms with Crippen LogP contribution in [0.5, 0.6) is 5.75 Å². The van der Waals surface area contributed by atoms with Gasteiger partial charge in [0.25, 0.3) is 0 Å². The molecule has 140 valence electrons. The van der Waals surface area contributed by atoms with E-state index in [4.69, 9.17) is 4.74 Å². The van der Waals surface area contributed by atoms with Crippen molar-refractivity contribution in [2.24, 2.45) is 0 Å². The van der Waals surface area contributed by atoms with Crippen molar-refractivity contribution in [1.29, 1.82) is 0 Å². The van der Waals surface area contributed by atoms with Gasteiger partial charge >= 0.3 is 0 Å². The van der Waals surface area contributed by atoms with Crippen LogP contribution in [0.15, 0.2) is 60.8 Å². The van der Waals surface area contributed by atoms with Gasteiger partial charge in [0.15, 0.2) is 0 Å². The van der Waals surface area contributed by atoms with Crippen molar-refractivity contribution in [2.75, 3.05) is 33.3 Å². The summed E-state index contributed by atoms with van der Waals surface area (Å²) in [5.41, 5.74) is 2.39. The normalized spacial score (nSPS) is 15.2. The van der Waals surface area contributed by atoms with Crippen molar-refractivity contribution in [2.45, 2.75) is 13.1 Å². The summed E-state index contributed by atoms with van der Waals surface area (Å²) >= 11 is 0. The Kier molecular flexibility index (Phi) is 5.12. The van der Waals surface area contributed by atoms with E-state index < -0.39 is 0 Å². The third-order valence-electron chi connectivity index (χ3n) is 5.26. The van der Waals surface area contributed by atoms with Gasteiger partial charge in [-0.3, -0.25) is 9.69 Å². The molecule has 5 nitrogen and oxygen atoms in total. The van der Waals surface area contributed by atoms with Gasteiger partial charge in [0.05, 0.1) is 7.11 Å². The van der Waals surface area contributed by atoms with Gasteiger partial charge in [-0.25, -0.2) is 0 Å². The lowest BCUT2D eigenvalue weighted by Crippen LogP contribution is -2.49. The zero-order valence-electron chi connectivity index (χ0n) is 15.7. The third kappa shape index (κ3) is 3.98. The first-order valence-electron chi connectivity index (χ1n) is 9.40. The molecule has 0 radical (unpaired) electrons. The number of benzene rings is 2. The van der Waals surface area contributed by atoms with E-state index in [-0.39, 0.29) is 5.91 Å². The zero-order valence-corrected chi connectivity index (χ0v) is 15.7. The number of aromatic nitrogens is 1. The smallest absolute Gasteiger partial charge is 0.242 e. The molecule has 0 N–H and O–H groups in total. The maximum absolute atomic E-state index is 12.8. The highest BCUT2D eigenvalue weighted by atomic mass is 16.5. The van der Waals surface area contributed by atoms with Crippen LogP contribution in [0.2, 0.25) is 0 Å². The number of rotatable bonds is 5. The standard InChI is InChI=1S/C22H25N3O2/c1-27-20-7-8-21-19(15-20)9-10-25(21)17-22(26)24-13-11-23(12-14-24)16-18-5-3-2-4-6-18/h2-10,15H,11-14,16-17H2,1H3. The van der Waals surface area contributed by atoms with Gasteiger partial charge in [-0.1, -0.05) is 30.3 Å². The lowest BCUT2D eigenvalue weighted by molar-refractivity contribution is -0.133. The van der Waals surface area contributed by atoms with E-state index in [1.165, 1.54) is 5.56 Å². The van der Waals surface area contributed by atoms with E-state index in [1.54, 1.807) is 7.11 Å². The molecule has 0 bridgehead atoms. The summed E-state index contributed by atoms with van der Waals surface area (Å²) in [7, 11) is 1.67. The van der Waals surface area contributed by atoms with Crippen molar-refractivity contribution in [3.8, 4) is 5.75 Å². The highest BCUT2D eigenvalue weighted by Crippen LogP contribution is 2.22. The van der Waals surface area contributed by atoms with Crippen LogP contribution in [0.1, 0.15) is 5.56 Å². The van der Waals surface area contributed by atoms with Crippen LogP contribution in [0, 0.1) is 0 Å². The lowest BCUT2D eigenvalue weighted by atomic mass is 10.2. The summed E-state index contributed by atoms with van der Waals surface area (Å²) in [6.45, 7) is 4.76. The first kappa shape index (κ1) is 17.6. The Morgan fingerprint density at radius 3 is 2.52 bits per heavy atom. The van der Waals surface area contributed by atoms with Crippen molar-refractivity contribution >= 4 is 16.8 Å². The number of fused-ring (bicyclic) bond motifs is 1. The van der Waals surface area contributed by atoms with E-state index in [9.17, 15) is 4.79 Å². The molecule has 27 heavy (non-hydrogen) atoms. The molecule has 2 heterocycles. The van der Waals surface area contributed by atoms with Crippen LogP contribution < -0.4 is 4.74 Å². The number of piperazine rings is 1. The predicted molar refractivity (Wildman–Crippen MR) is 107 cm³/mol. The Balaban J connectivity index is 1.34. The van der Waals surface area contributed by atoms with Gasteiger partial charge in [0.1, 0.15) is 12.3 Å². The third-order valence-corrected chi connectivity index (χ3v) is 5.26. The SMILES string of the molecule is COc1ccc2c(ccn2CC(=O)N2CCN(Cc3ccccc3)CC2)c1. The number of hydrogen-bond donors (Lipinski definition) is 0. The Hall–Kier alpha value is -2.79. The molecule has 1 aromatic heterocycles. The van der Waals surface area contributed by atoms with E-state index in [2.05, 4.69) is 29.2 Å². The fraction of sp³-hybridized carbons (Fsp3) is 0.318. The van der Waals surface area contributed by atoms with Crippen LogP contribution in [-0.2, 0) is 17.9 Å². The number of amides is 1. The number of ether oxygens (including phenoxy) is 1. The van der Waals surface area contributed by atoms with E-state index in [0.717, 1.165) is 49.4 Å². The Labute approximate surface area is 159 Å². The first-order valence-corrected chi connectivity index (χ1v) is 9.40. The van der Waals surface area contributed by atoms with Crippen molar-refractivity contribution in [3.63, 3.8) is 0 Å². The van der Waals surface area contributed by atoms with Crippen LogP contribution >= 0.6 is 0 Å². The molecule has 0 saturated carbocycles. The molecule has 3 aromatic rings. The lowest BCUT2D eigenvalue weighted by Gasteiger charge is -2.35. The molecule has 1 saturated heterocycles. The number of hydrogen-bond acceptors (Lipinski definition) is 3. The van der Waals surface area contributed by atoms with E-state index in [0.29, 0.717) is 6.54 Å². The molecule has 1 amide bonds. The zero-order chi connectivity index (χ0) is 18.6. The molecule has 5 heteroatoms. The first-order chi connectivity index (χ1) is 13.2. The quantitative estimate of drug-likeness (QED) is 0.699. The number of carbonyl (C=O) groups excluding carboxylic acids is 1. The fourth-order valence-electron chi connectivity index (χ4n) is 3.69. The predicted octanol–water partition coefficient (Wildman–Crippen LogP) is 2.99. The van der Waals surface area contributed by atoms with Crippen LogP contribution in [-0.4, -0.2) is 53.6 Å². The molecule has 1 fully saturated rings. The second kappa shape index (κ2) is 7.84. The highest BCUT2D eigenvalue weighted by molar-refractivity contribution is 5.84. The van der Waals surface area contributed by atoms with Gasteiger partial charge < -0.3 is 14.2 Å². The van der Waals surface area contributed by atoms with Gasteiger partial charge in [-0.05, 0) is 29.8 Å². The van der Waals surface area contributed by atoms with Crippen LogP contribution in [0.4, 0.5) is 0 Å². The van der Waals surface area contributed by atoms with E-state index >= 15 is 0 Å². The van der Waals surface area contributed by atoms with Gasteiger partial charge in [-0.2, -0.15) is 0 Å². The number of methoxy groups -OCH3 is 1. The van der Waals surface area contributed by atoms with Gasteiger partial charge in [-0.15, -0.1) is 0 Å². The summed E-state index contributed by atoms with van der Waals surface area (Å²) in [4.78, 5) is 17.2. The van der Waals surface area contributed by atoms with Crippen molar-refractivity contribution in [1.82, 2.24) is 14.4 Å². The molecule has 4 rings (SSSR count). The number of carbonyl (C=O) groups is 1. The number of nitrogens with zero attached hydrogens (tertiary/aromatic N) is 3. The maximum atomic E-state index is 12.8. The van der Waals surface area contributed by atoms with Gasteiger partial charge in [0, 0.05) is 49.8 Å². The maximum Gasteiger partial charge on any atom is 0.242 e. The molecular formula is C22H25N3O2. The summed E-state index contributed by atoms with van der Waals surface area (Å²) in [5, 5.41) is 1.09. The summed E-state index contributed by atoms with van der Waals surface area (Å²) in [6, 6.07) is 18.5. The molecule has 0 unspecified atom stereocenters. The molecule has 0 atom stereocenters. The topological polar surface area (TPSA) is 37.7 Å². The monoisotopic (exact) mass is 363 g/mol.